The minimum atomic E-state index is 0.245. The maximum Gasteiger partial charge on any atom is 0.231 e. The molecule has 0 unspecified atom stereocenters. The lowest BCUT2D eigenvalue weighted by atomic mass is 10.2. The van der Waals surface area contributed by atoms with Gasteiger partial charge in [-0.05, 0) is 30.7 Å². The molecule has 7 nitrogen and oxygen atoms in total. The van der Waals surface area contributed by atoms with Crippen molar-refractivity contribution < 1.29 is 14.2 Å². The number of benzene rings is 2. The summed E-state index contributed by atoms with van der Waals surface area (Å²) in [5.74, 6) is 2.22. The molecule has 0 aliphatic carbocycles. The normalized spacial score (nSPS) is 12.7. The highest BCUT2D eigenvalue weighted by molar-refractivity contribution is 5.79. The number of aromatic nitrogens is 3. The van der Waals surface area contributed by atoms with Crippen LogP contribution in [-0.4, -0.2) is 28.4 Å². The molecule has 0 saturated heterocycles. The Labute approximate surface area is 132 Å². The second-order valence-corrected chi connectivity index (χ2v) is 5.37. The summed E-state index contributed by atoms with van der Waals surface area (Å²) in [4.78, 5) is 0. The third-order valence-electron chi connectivity index (χ3n) is 3.82. The Bertz CT molecular complexity index is 875. The van der Waals surface area contributed by atoms with E-state index in [4.69, 9.17) is 19.9 Å². The van der Waals surface area contributed by atoms with Crippen LogP contribution in [0.4, 0.5) is 5.69 Å². The minimum Gasteiger partial charge on any atom is -0.492 e. The molecule has 0 atom stereocenters. The third kappa shape index (κ3) is 2.50. The molecular weight excluding hydrogens is 296 g/mol. The molecule has 0 saturated carbocycles. The van der Waals surface area contributed by atoms with Gasteiger partial charge in [-0.2, -0.15) is 0 Å². The number of ether oxygens (including phenoxy) is 3. The Hall–Kier alpha value is -2.96. The maximum absolute atomic E-state index is 5.80. The van der Waals surface area contributed by atoms with Crippen LogP contribution in [0.1, 0.15) is 5.56 Å². The van der Waals surface area contributed by atoms with Gasteiger partial charge in [-0.25, -0.2) is 4.68 Å². The third-order valence-corrected chi connectivity index (χ3v) is 3.82. The van der Waals surface area contributed by atoms with Gasteiger partial charge in [0.25, 0.3) is 0 Å². The van der Waals surface area contributed by atoms with E-state index in [0.29, 0.717) is 18.9 Å². The number of hydrogen-bond donors (Lipinski definition) is 1. The van der Waals surface area contributed by atoms with Gasteiger partial charge in [0.2, 0.25) is 6.79 Å². The fourth-order valence-electron chi connectivity index (χ4n) is 2.51. The van der Waals surface area contributed by atoms with E-state index in [-0.39, 0.29) is 6.79 Å². The zero-order valence-corrected chi connectivity index (χ0v) is 12.7. The molecule has 2 heterocycles. The topological polar surface area (TPSA) is 84.4 Å². The van der Waals surface area contributed by atoms with Gasteiger partial charge in [-0.15, -0.1) is 5.10 Å². The van der Waals surface area contributed by atoms with Crippen molar-refractivity contribution in [1.29, 1.82) is 0 Å². The molecule has 0 radical (unpaired) electrons. The second-order valence-electron chi connectivity index (χ2n) is 5.37. The number of aryl methyl sites for hydroxylation is 1. The van der Waals surface area contributed by atoms with Crippen molar-refractivity contribution in [3.05, 3.63) is 35.9 Å². The molecule has 1 aromatic heterocycles. The fraction of sp³-hybridized carbons (Fsp3) is 0.250. The van der Waals surface area contributed by atoms with Crippen molar-refractivity contribution in [2.75, 3.05) is 19.1 Å². The van der Waals surface area contributed by atoms with Gasteiger partial charge in [-0.1, -0.05) is 5.21 Å². The quantitative estimate of drug-likeness (QED) is 0.743. The van der Waals surface area contributed by atoms with E-state index >= 15 is 0 Å². The Balaban J connectivity index is 1.48. The van der Waals surface area contributed by atoms with E-state index in [0.717, 1.165) is 33.8 Å². The van der Waals surface area contributed by atoms with Crippen LogP contribution in [0, 0.1) is 6.92 Å². The van der Waals surface area contributed by atoms with Crippen LogP contribution in [0.15, 0.2) is 30.3 Å². The van der Waals surface area contributed by atoms with Crippen molar-refractivity contribution in [2.45, 2.75) is 13.5 Å². The molecule has 2 N–H and O–H groups in total. The van der Waals surface area contributed by atoms with Gasteiger partial charge >= 0.3 is 0 Å². The summed E-state index contributed by atoms with van der Waals surface area (Å²) in [6.45, 7) is 3.26. The lowest BCUT2D eigenvalue weighted by Gasteiger charge is -2.08. The van der Waals surface area contributed by atoms with Crippen LogP contribution < -0.4 is 19.9 Å². The lowest BCUT2D eigenvalue weighted by molar-refractivity contribution is 0.174. The number of nitrogens with zero attached hydrogens (tertiary/aromatic N) is 3. The molecule has 3 aromatic rings. The van der Waals surface area contributed by atoms with Gasteiger partial charge in [0.05, 0.1) is 12.1 Å². The van der Waals surface area contributed by atoms with Crippen LogP contribution in [0.5, 0.6) is 17.2 Å². The summed E-state index contributed by atoms with van der Waals surface area (Å²) in [6, 6.07) is 9.36. The highest BCUT2D eigenvalue weighted by Crippen LogP contribution is 2.35. The molecule has 2 aromatic carbocycles. The molecule has 1 aliphatic rings. The summed E-state index contributed by atoms with van der Waals surface area (Å²) >= 11 is 0. The number of anilines is 1. The summed E-state index contributed by atoms with van der Waals surface area (Å²) in [7, 11) is 0. The molecule has 0 spiro atoms. The van der Waals surface area contributed by atoms with Crippen LogP contribution in [-0.2, 0) is 6.54 Å². The molecule has 1 aliphatic heterocycles. The Morgan fingerprint density at radius 1 is 1.22 bits per heavy atom. The van der Waals surface area contributed by atoms with Gasteiger partial charge < -0.3 is 19.9 Å². The molecule has 23 heavy (non-hydrogen) atoms. The van der Waals surface area contributed by atoms with Gasteiger partial charge in [0, 0.05) is 17.8 Å². The number of nitrogen functional groups attached to an aromatic ring is 1. The first-order chi connectivity index (χ1) is 11.2. The van der Waals surface area contributed by atoms with E-state index in [9.17, 15) is 0 Å². The lowest BCUT2D eigenvalue weighted by Crippen LogP contribution is -2.09. The van der Waals surface area contributed by atoms with E-state index in [2.05, 4.69) is 10.3 Å². The zero-order chi connectivity index (χ0) is 15.8. The highest BCUT2D eigenvalue weighted by atomic mass is 16.7. The van der Waals surface area contributed by atoms with Crippen LogP contribution in [0.3, 0.4) is 0 Å². The zero-order valence-electron chi connectivity index (χ0n) is 12.7. The second kappa shape index (κ2) is 5.35. The number of hydrogen-bond acceptors (Lipinski definition) is 6. The Kier molecular flexibility index (Phi) is 3.18. The van der Waals surface area contributed by atoms with Crippen LogP contribution >= 0.6 is 0 Å². The van der Waals surface area contributed by atoms with Crippen LogP contribution in [0.2, 0.25) is 0 Å². The first kappa shape index (κ1) is 13.7. The summed E-state index contributed by atoms with van der Waals surface area (Å²) in [6.07, 6.45) is 0. The van der Waals surface area contributed by atoms with Gasteiger partial charge in [0.15, 0.2) is 11.5 Å². The minimum absolute atomic E-state index is 0.245. The maximum atomic E-state index is 5.80. The number of fused-ring (bicyclic) bond motifs is 2. The van der Waals surface area contributed by atoms with E-state index in [1.165, 1.54) is 0 Å². The van der Waals surface area contributed by atoms with Crippen molar-refractivity contribution in [3.63, 3.8) is 0 Å². The van der Waals surface area contributed by atoms with E-state index < -0.39 is 0 Å². The van der Waals surface area contributed by atoms with Gasteiger partial charge in [0.1, 0.15) is 17.9 Å². The smallest absolute Gasteiger partial charge is 0.231 e. The first-order valence-electron chi connectivity index (χ1n) is 7.32. The monoisotopic (exact) mass is 312 g/mol. The largest absolute Gasteiger partial charge is 0.492 e. The van der Waals surface area contributed by atoms with Crippen molar-refractivity contribution in [3.8, 4) is 17.2 Å². The molecule has 0 fully saturated rings. The standard InChI is InChI=1S/C16H16N4O3/c1-10-6-11(2-3-12(10)17)21-5-4-20-14-8-16-15(22-9-23-16)7-13(14)18-19-20/h2-3,6-8H,4-5,9,17H2,1H3. The predicted molar refractivity (Wildman–Crippen MR) is 84.7 cm³/mol. The van der Waals surface area contributed by atoms with Crippen molar-refractivity contribution >= 4 is 16.7 Å². The molecule has 118 valence electrons. The molecule has 7 heteroatoms. The van der Waals surface area contributed by atoms with E-state index in [1.54, 1.807) is 4.68 Å². The molecular formula is C16H16N4O3. The molecule has 4 rings (SSSR count). The molecule has 0 bridgehead atoms. The van der Waals surface area contributed by atoms with Crippen molar-refractivity contribution in [1.82, 2.24) is 15.0 Å². The highest BCUT2D eigenvalue weighted by Gasteiger charge is 2.17. The first-order valence-corrected chi connectivity index (χ1v) is 7.32. The van der Waals surface area contributed by atoms with Crippen LogP contribution in [0.25, 0.3) is 11.0 Å². The Morgan fingerprint density at radius 2 is 2.04 bits per heavy atom. The number of nitrogens with two attached hydrogens (primary N) is 1. The van der Waals surface area contributed by atoms with Crippen molar-refractivity contribution in [2.24, 2.45) is 0 Å². The Morgan fingerprint density at radius 3 is 2.87 bits per heavy atom. The van der Waals surface area contributed by atoms with E-state index in [1.807, 2.05) is 37.3 Å². The average Bonchev–Trinajstić information content (AvgIpc) is 3.15. The predicted octanol–water partition coefficient (Wildman–Crippen LogP) is 2.13. The summed E-state index contributed by atoms with van der Waals surface area (Å²) in [5.41, 5.74) is 9.23. The molecule has 0 amide bonds. The summed E-state index contributed by atoms with van der Waals surface area (Å²) < 4.78 is 18.3. The van der Waals surface area contributed by atoms with Gasteiger partial charge in [-0.3, -0.25) is 0 Å². The number of rotatable bonds is 4. The average molecular weight is 312 g/mol. The SMILES string of the molecule is Cc1cc(OCCn2nnc3cc4c(cc32)OCO4)ccc1N. The summed E-state index contributed by atoms with van der Waals surface area (Å²) in [5, 5.41) is 8.31. The fourth-order valence-corrected chi connectivity index (χ4v) is 2.51.